The summed E-state index contributed by atoms with van der Waals surface area (Å²) in [6.07, 6.45) is 4.39. The van der Waals surface area contributed by atoms with Crippen LogP contribution >= 0.6 is 11.3 Å². The molecule has 2 aromatic heterocycles. The van der Waals surface area contributed by atoms with E-state index in [1.807, 2.05) is 25.1 Å². The molecule has 18 heavy (non-hydrogen) atoms. The van der Waals surface area contributed by atoms with Crippen LogP contribution in [-0.2, 0) is 6.42 Å². The van der Waals surface area contributed by atoms with Gasteiger partial charge in [0.15, 0.2) is 0 Å². The summed E-state index contributed by atoms with van der Waals surface area (Å²) in [5.41, 5.74) is 0.973. The highest BCUT2D eigenvalue weighted by atomic mass is 32.1. The topological polar surface area (TPSA) is 33.1 Å². The summed E-state index contributed by atoms with van der Waals surface area (Å²) >= 11 is 1.79. The lowest BCUT2D eigenvalue weighted by Gasteiger charge is -2.18. The van der Waals surface area contributed by atoms with Crippen molar-refractivity contribution in [2.24, 2.45) is 0 Å². The first-order chi connectivity index (χ1) is 8.77. The predicted octanol–water partition coefficient (Wildman–Crippen LogP) is 3.63. The fraction of sp³-hybridized carbons (Fsp3) is 0.400. The van der Waals surface area contributed by atoms with Crippen LogP contribution in [-0.4, -0.2) is 16.2 Å². The Morgan fingerprint density at radius 3 is 2.83 bits per heavy atom. The number of thiophene rings is 1. The Hall–Kier alpha value is -1.19. The molecule has 2 unspecified atom stereocenters. The smallest absolute Gasteiger partial charge is 0.0621 e. The summed E-state index contributed by atoms with van der Waals surface area (Å²) in [4.78, 5) is 5.70. The Morgan fingerprint density at radius 2 is 2.17 bits per heavy atom. The van der Waals surface area contributed by atoms with Gasteiger partial charge < -0.3 is 5.11 Å². The van der Waals surface area contributed by atoms with Gasteiger partial charge in [0.1, 0.15) is 0 Å². The minimum Gasteiger partial charge on any atom is -0.392 e. The van der Waals surface area contributed by atoms with E-state index in [1.54, 1.807) is 17.5 Å². The van der Waals surface area contributed by atoms with Gasteiger partial charge in [-0.15, -0.1) is 11.3 Å². The third-order valence-electron chi connectivity index (χ3n) is 3.23. The third kappa shape index (κ3) is 3.65. The lowest BCUT2D eigenvalue weighted by Crippen LogP contribution is -2.16. The quantitative estimate of drug-likeness (QED) is 0.861. The number of nitrogens with zero attached hydrogens (tertiary/aromatic N) is 1. The van der Waals surface area contributed by atoms with Gasteiger partial charge in [-0.1, -0.05) is 19.1 Å². The highest BCUT2D eigenvalue weighted by molar-refractivity contribution is 7.09. The molecule has 96 valence electrons. The van der Waals surface area contributed by atoms with Crippen LogP contribution in [0, 0.1) is 0 Å². The molecule has 0 bridgehead atoms. The van der Waals surface area contributed by atoms with Crippen LogP contribution in [0.3, 0.4) is 0 Å². The third-order valence-corrected chi connectivity index (χ3v) is 4.17. The van der Waals surface area contributed by atoms with Crippen LogP contribution < -0.4 is 0 Å². The lowest BCUT2D eigenvalue weighted by atomic mass is 9.96. The number of aliphatic hydroxyl groups is 1. The molecule has 2 aromatic rings. The number of pyridine rings is 1. The monoisotopic (exact) mass is 261 g/mol. The van der Waals surface area contributed by atoms with Gasteiger partial charge in [0.25, 0.3) is 0 Å². The number of aliphatic hydroxyl groups excluding tert-OH is 1. The molecule has 0 saturated heterocycles. The van der Waals surface area contributed by atoms with Crippen molar-refractivity contribution in [1.29, 1.82) is 0 Å². The maximum Gasteiger partial charge on any atom is 0.0621 e. The van der Waals surface area contributed by atoms with Crippen molar-refractivity contribution < 1.29 is 5.11 Å². The summed E-state index contributed by atoms with van der Waals surface area (Å²) < 4.78 is 0. The van der Waals surface area contributed by atoms with Gasteiger partial charge in [0.05, 0.1) is 6.10 Å². The molecule has 1 N–H and O–H groups in total. The first-order valence-electron chi connectivity index (χ1n) is 6.39. The average Bonchev–Trinajstić information content (AvgIpc) is 2.92. The highest BCUT2D eigenvalue weighted by Gasteiger charge is 2.16. The lowest BCUT2D eigenvalue weighted by molar-refractivity contribution is 0.136. The molecule has 0 aromatic carbocycles. The Balaban J connectivity index is 1.79. The summed E-state index contributed by atoms with van der Waals surface area (Å²) in [7, 11) is 0. The molecule has 0 aliphatic rings. The minimum absolute atomic E-state index is 0.106. The Labute approximate surface area is 112 Å². The van der Waals surface area contributed by atoms with Gasteiger partial charge in [-0.05, 0) is 42.8 Å². The summed E-state index contributed by atoms with van der Waals surface area (Å²) in [6, 6.07) is 10.1. The molecule has 3 heteroatoms. The summed E-state index contributed by atoms with van der Waals surface area (Å²) in [5.74, 6) is 0.106. The van der Waals surface area contributed by atoms with Gasteiger partial charge in [0, 0.05) is 22.7 Å². The fourth-order valence-corrected chi connectivity index (χ4v) is 2.78. The number of aryl methyl sites for hydroxylation is 1. The van der Waals surface area contributed by atoms with Crippen molar-refractivity contribution in [3.63, 3.8) is 0 Å². The molecule has 0 saturated carbocycles. The normalized spacial score (nSPS) is 14.3. The molecule has 0 spiro atoms. The van der Waals surface area contributed by atoms with Crippen molar-refractivity contribution in [2.75, 3.05) is 0 Å². The van der Waals surface area contributed by atoms with E-state index < -0.39 is 0 Å². The first kappa shape index (κ1) is 13.2. The second-order valence-corrected chi connectivity index (χ2v) is 5.61. The van der Waals surface area contributed by atoms with Crippen LogP contribution in [0.1, 0.15) is 36.3 Å². The number of rotatable bonds is 6. The Morgan fingerprint density at radius 1 is 1.28 bits per heavy atom. The zero-order chi connectivity index (χ0) is 12.8. The fourth-order valence-electron chi connectivity index (χ4n) is 2.03. The SMILES string of the molecule is CC(c1ccccn1)C(O)CCCc1cccs1. The molecule has 0 radical (unpaired) electrons. The maximum atomic E-state index is 10.2. The van der Waals surface area contributed by atoms with Crippen molar-refractivity contribution in [2.45, 2.75) is 38.2 Å². The van der Waals surface area contributed by atoms with Crippen LogP contribution in [0.25, 0.3) is 0 Å². The van der Waals surface area contributed by atoms with Crippen molar-refractivity contribution in [3.8, 4) is 0 Å². The first-order valence-corrected chi connectivity index (χ1v) is 7.26. The van der Waals surface area contributed by atoms with E-state index >= 15 is 0 Å². The van der Waals surface area contributed by atoms with Crippen molar-refractivity contribution in [1.82, 2.24) is 4.98 Å². The van der Waals surface area contributed by atoms with E-state index in [1.165, 1.54) is 4.88 Å². The van der Waals surface area contributed by atoms with Gasteiger partial charge in [-0.3, -0.25) is 4.98 Å². The molecule has 2 heterocycles. The summed E-state index contributed by atoms with van der Waals surface area (Å²) in [5, 5.41) is 12.3. The number of aromatic nitrogens is 1. The maximum absolute atomic E-state index is 10.2. The van der Waals surface area contributed by atoms with Crippen LogP contribution in [0.2, 0.25) is 0 Å². The average molecular weight is 261 g/mol. The van der Waals surface area contributed by atoms with E-state index in [0.29, 0.717) is 0 Å². The molecule has 2 rings (SSSR count). The second kappa shape index (κ2) is 6.66. The van der Waals surface area contributed by atoms with E-state index in [9.17, 15) is 5.11 Å². The molecule has 0 aliphatic heterocycles. The van der Waals surface area contributed by atoms with E-state index in [0.717, 1.165) is 25.0 Å². The van der Waals surface area contributed by atoms with Gasteiger partial charge in [0.2, 0.25) is 0 Å². The molecule has 0 amide bonds. The largest absolute Gasteiger partial charge is 0.392 e. The molecular weight excluding hydrogens is 242 g/mol. The van der Waals surface area contributed by atoms with E-state index in [4.69, 9.17) is 0 Å². The zero-order valence-corrected chi connectivity index (χ0v) is 11.4. The standard InChI is InChI=1S/C15H19NOS/c1-12(14-8-2-3-10-16-14)15(17)9-4-6-13-7-5-11-18-13/h2-3,5,7-8,10-12,15,17H,4,6,9H2,1H3. The summed E-state index contributed by atoms with van der Waals surface area (Å²) in [6.45, 7) is 2.04. The van der Waals surface area contributed by atoms with E-state index in [-0.39, 0.29) is 12.0 Å². The van der Waals surface area contributed by atoms with Gasteiger partial charge in [-0.2, -0.15) is 0 Å². The molecule has 0 aliphatic carbocycles. The zero-order valence-electron chi connectivity index (χ0n) is 10.6. The number of hydrogen-bond acceptors (Lipinski definition) is 3. The minimum atomic E-state index is -0.306. The highest BCUT2D eigenvalue weighted by Crippen LogP contribution is 2.21. The van der Waals surface area contributed by atoms with Crippen LogP contribution in [0.4, 0.5) is 0 Å². The Bertz CT molecular complexity index is 441. The Kier molecular flexibility index (Phi) is 4.90. The molecular formula is C15H19NOS. The predicted molar refractivity (Wildman–Crippen MR) is 75.9 cm³/mol. The van der Waals surface area contributed by atoms with Gasteiger partial charge >= 0.3 is 0 Å². The van der Waals surface area contributed by atoms with Crippen LogP contribution in [0.5, 0.6) is 0 Å². The van der Waals surface area contributed by atoms with Crippen molar-refractivity contribution in [3.05, 3.63) is 52.5 Å². The molecule has 2 atom stereocenters. The number of hydrogen-bond donors (Lipinski definition) is 1. The molecule has 2 nitrogen and oxygen atoms in total. The van der Waals surface area contributed by atoms with Crippen molar-refractivity contribution >= 4 is 11.3 Å². The molecule has 0 fully saturated rings. The second-order valence-electron chi connectivity index (χ2n) is 4.58. The van der Waals surface area contributed by atoms with E-state index in [2.05, 4.69) is 22.5 Å². The van der Waals surface area contributed by atoms with Crippen LogP contribution in [0.15, 0.2) is 41.9 Å². The van der Waals surface area contributed by atoms with Gasteiger partial charge in [-0.25, -0.2) is 0 Å².